The molecule has 0 bridgehead atoms. The maximum atomic E-state index is 12.1. The second kappa shape index (κ2) is 6.07. The lowest BCUT2D eigenvalue weighted by atomic mass is 9.98. The van der Waals surface area contributed by atoms with Gasteiger partial charge in [0.25, 0.3) is 0 Å². The quantitative estimate of drug-likeness (QED) is 0.848. The monoisotopic (exact) mass is 289 g/mol. The Labute approximate surface area is 123 Å². The van der Waals surface area contributed by atoms with Crippen LogP contribution in [-0.4, -0.2) is 41.4 Å². The van der Waals surface area contributed by atoms with Gasteiger partial charge in [-0.2, -0.15) is 0 Å². The van der Waals surface area contributed by atoms with E-state index in [1.165, 1.54) is 12.8 Å². The molecule has 0 aliphatic carbocycles. The molecule has 1 atom stereocenters. The first-order chi connectivity index (χ1) is 10.2. The highest BCUT2D eigenvalue weighted by Gasteiger charge is 2.24. The molecule has 1 aromatic rings. The fourth-order valence-electron chi connectivity index (χ4n) is 2.67. The standard InChI is InChI=1S/C14H19N5O2/c20-12-4-3-10(7-15-12)13(21)18-11-8-16-14(17-9-11)19-5-1-2-6-19/h8-10H,1-7H2,(H,15,20)(H,18,21). The number of hydrogen-bond donors (Lipinski definition) is 2. The van der Waals surface area contributed by atoms with Crippen molar-refractivity contribution < 1.29 is 9.59 Å². The fourth-order valence-corrected chi connectivity index (χ4v) is 2.67. The van der Waals surface area contributed by atoms with Crippen molar-refractivity contribution in [1.29, 1.82) is 0 Å². The molecular weight excluding hydrogens is 270 g/mol. The highest BCUT2D eigenvalue weighted by Crippen LogP contribution is 2.17. The Morgan fingerprint density at radius 1 is 1.29 bits per heavy atom. The number of carbonyl (C=O) groups excluding carboxylic acids is 2. The van der Waals surface area contributed by atoms with Gasteiger partial charge in [-0.3, -0.25) is 9.59 Å². The van der Waals surface area contributed by atoms with E-state index in [1.54, 1.807) is 12.4 Å². The van der Waals surface area contributed by atoms with Crippen molar-refractivity contribution in [2.24, 2.45) is 5.92 Å². The SMILES string of the molecule is O=C1CCC(C(=O)Nc2cnc(N3CCCC3)nc2)CN1. The molecule has 0 aromatic carbocycles. The summed E-state index contributed by atoms with van der Waals surface area (Å²) in [7, 11) is 0. The molecule has 0 radical (unpaired) electrons. The minimum Gasteiger partial charge on any atom is -0.355 e. The summed E-state index contributed by atoms with van der Waals surface area (Å²) in [6, 6.07) is 0. The van der Waals surface area contributed by atoms with Gasteiger partial charge < -0.3 is 15.5 Å². The Morgan fingerprint density at radius 3 is 2.62 bits per heavy atom. The zero-order chi connectivity index (χ0) is 14.7. The summed E-state index contributed by atoms with van der Waals surface area (Å²) in [4.78, 5) is 33.9. The summed E-state index contributed by atoms with van der Waals surface area (Å²) in [5, 5.41) is 5.52. The Kier molecular flexibility index (Phi) is 3.98. The molecule has 7 nitrogen and oxygen atoms in total. The Hall–Kier alpha value is -2.18. The van der Waals surface area contributed by atoms with Crippen molar-refractivity contribution in [3.63, 3.8) is 0 Å². The van der Waals surface area contributed by atoms with E-state index in [2.05, 4.69) is 25.5 Å². The second-order valence-electron chi connectivity index (χ2n) is 5.49. The van der Waals surface area contributed by atoms with E-state index in [1.807, 2.05) is 0 Å². The lowest BCUT2D eigenvalue weighted by Gasteiger charge is -2.21. The predicted molar refractivity (Wildman–Crippen MR) is 77.8 cm³/mol. The molecule has 1 aromatic heterocycles. The minimum atomic E-state index is -0.180. The van der Waals surface area contributed by atoms with Crippen LogP contribution in [0.4, 0.5) is 11.6 Å². The molecule has 1 unspecified atom stereocenters. The zero-order valence-electron chi connectivity index (χ0n) is 11.8. The van der Waals surface area contributed by atoms with Crippen LogP contribution in [0.5, 0.6) is 0 Å². The van der Waals surface area contributed by atoms with Gasteiger partial charge in [0.2, 0.25) is 17.8 Å². The Bertz CT molecular complexity index is 515. The number of aromatic nitrogens is 2. The lowest BCUT2D eigenvalue weighted by Crippen LogP contribution is -2.40. The van der Waals surface area contributed by atoms with Crippen LogP contribution in [0.1, 0.15) is 25.7 Å². The summed E-state index contributed by atoms with van der Waals surface area (Å²) < 4.78 is 0. The number of rotatable bonds is 3. The summed E-state index contributed by atoms with van der Waals surface area (Å²) in [6.07, 6.45) is 6.62. The van der Waals surface area contributed by atoms with Gasteiger partial charge in [-0.1, -0.05) is 0 Å². The number of nitrogens with zero attached hydrogens (tertiary/aromatic N) is 3. The first kappa shape index (κ1) is 13.8. The van der Waals surface area contributed by atoms with E-state index in [4.69, 9.17) is 0 Å². The molecule has 2 saturated heterocycles. The maximum absolute atomic E-state index is 12.1. The van der Waals surface area contributed by atoms with Crippen molar-refractivity contribution in [3.8, 4) is 0 Å². The van der Waals surface area contributed by atoms with Gasteiger partial charge >= 0.3 is 0 Å². The molecule has 2 amide bonds. The van der Waals surface area contributed by atoms with E-state index in [-0.39, 0.29) is 17.7 Å². The van der Waals surface area contributed by atoms with Gasteiger partial charge in [0.1, 0.15) is 0 Å². The zero-order valence-corrected chi connectivity index (χ0v) is 11.8. The van der Waals surface area contributed by atoms with E-state index in [0.29, 0.717) is 25.1 Å². The third-order valence-electron chi connectivity index (χ3n) is 3.93. The summed E-state index contributed by atoms with van der Waals surface area (Å²) in [5.41, 5.74) is 0.597. The van der Waals surface area contributed by atoms with Crippen LogP contribution in [0, 0.1) is 5.92 Å². The molecule has 21 heavy (non-hydrogen) atoms. The Balaban J connectivity index is 1.57. The lowest BCUT2D eigenvalue weighted by molar-refractivity contribution is -0.126. The summed E-state index contributed by atoms with van der Waals surface area (Å²) in [5.74, 6) is 0.459. The van der Waals surface area contributed by atoms with Crippen molar-refractivity contribution in [1.82, 2.24) is 15.3 Å². The van der Waals surface area contributed by atoms with Crippen molar-refractivity contribution in [3.05, 3.63) is 12.4 Å². The summed E-state index contributed by atoms with van der Waals surface area (Å²) in [6.45, 7) is 2.39. The molecule has 0 spiro atoms. The van der Waals surface area contributed by atoms with Gasteiger partial charge in [0, 0.05) is 26.1 Å². The molecule has 3 heterocycles. The number of nitrogens with one attached hydrogen (secondary N) is 2. The van der Waals surface area contributed by atoms with E-state index < -0.39 is 0 Å². The normalized spacial score (nSPS) is 22.0. The average Bonchev–Trinajstić information content (AvgIpc) is 3.03. The second-order valence-corrected chi connectivity index (χ2v) is 5.49. The topological polar surface area (TPSA) is 87.2 Å². The molecule has 3 rings (SSSR count). The van der Waals surface area contributed by atoms with E-state index >= 15 is 0 Å². The van der Waals surface area contributed by atoms with Crippen molar-refractivity contribution in [2.45, 2.75) is 25.7 Å². The smallest absolute Gasteiger partial charge is 0.229 e. The molecule has 2 fully saturated rings. The minimum absolute atomic E-state index is 0.0114. The number of carbonyl (C=O) groups is 2. The highest BCUT2D eigenvalue weighted by molar-refractivity contribution is 5.93. The largest absolute Gasteiger partial charge is 0.355 e. The van der Waals surface area contributed by atoms with Crippen molar-refractivity contribution in [2.75, 3.05) is 29.9 Å². The van der Waals surface area contributed by atoms with Crippen LogP contribution < -0.4 is 15.5 Å². The summed E-state index contributed by atoms with van der Waals surface area (Å²) >= 11 is 0. The maximum Gasteiger partial charge on any atom is 0.229 e. The average molecular weight is 289 g/mol. The van der Waals surface area contributed by atoms with E-state index in [0.717, 1.165) is 19.0 Å². The third-order valence-corrected chi connectivity index (χ3v) is 3.93. The predicted octanol–water partition coefficient (Wildman–Crippen LogP) is 0.541. The van der Waals surface area contributed by atoms with Crippen LogP contribution in [0.2, 0.25) is 0 Å². The van der Waals surface area contributed by atoms with Gasteiger partial charge in [-0.25, -0.2) is 9.97 Å². The van der Waals surface area contributed by atoms with Crippen LogP contribution in [0.3, 0.4) is 0 Å². The van der Waals surface area contributed by atoms with Gasteiger partial charge in [-0.15, -0.1) is 0 Å². The van der Waals surface area contributed by atoms with Crippen molar-refractivity contribution >= 4 is 23.5 Å². The van der Waals surface area contributed by atoms with Crippen LogP contribution in [0.15, 0.2) is 12.4 Å². The Morgan fingerprint density at radius 2 is 2.00 bits per heavy atom. The molecule has 7 heteroatoms. The molecule has 2 aliphatic rings. The number of hydrogen-bond acceptors (Lipinski definition) is 5. The third kappa shape index (κ3) is 3.29. The molecule has 2 aliphatic heterocycles. The van der Waals surface area contributed by atoms with E-state index in [9.17, 15) is 9.59 Å². The fraction of sp³-hybridized carbons (Fsp3) is 0.571. The van der Waals surface area contributed by atoms with Gasteiger partial charge in [-0.05, 0) is 19.3 Å². The molecule has 0 saturated carbocycles. The number of anilines is 2. The van der Waals surface area contributed by atoms with Gasteiger partial charge in [0.15, 0.2) is 0 Å². The number of piperidine rings is 1. The van der Waals surface area contributed by atoms with Crippen LogP contribution in [0.25, 0.3) is 0 Å². The molecule has 112 valence electrons. The van der Waals surface area contributed by atoms with Crippen LogP contribution >= 0.6 is 0 Å². The highest BCUT2D eigenvalue weighted by atomic mass is 16.2. The first-order valence-corrected chi connectivity index (χ1v) is 7.37. The van der Waals surface area contributed by atoms with Crippen LogP contribution in [-0.2, 0) is 9.59 Å². The number of amides is 2. The molecule has 2 N–H and O–H groups in total. The first-order valence-electron chi connectivity index (χ1n) is 7.37. The molecular formula is C14H19N5O2. The van der Waals surface area contributed by atoms with Gasteiger partial charge in [0.05, 0.1) is 24.0 Å².